The zero-order valence-electron chi connectivity index (χ0n) is 28.8. The molecule has 0 N–H and O–H groups in total. The molecule has 6 rings (SSSR count). The Morgan fingerprint density at radius 2 is 0.490 bits per heavy atom. The third-order valence-corrected chi connectivity index (χ3v) is 14.2. The summed E-state index contributed by atoms with van der Waals surface area (Å²) in [5.74, 6) is 0. The summed E-state index contributed by atoms with van der Waals surface area (Å²) in [6, 6.07) is 56.4. The van der Waals surface area contributed by atoms with Gasteiger partial charge in [-0.05, 0) is 77.9 Å². The van der Waals surface area contributed by atoms with Gasteiger partial charge in [0.25, 0.3) is 0 Å². The Labute approximate surface area is 293 Å². The molecule has 0 amide bonds. The van der Waals surface area contributed by atoms with Gasteiger partial charge in [-0.2, -0.15) is 0 Å². The largest absolute Gasteiger partial charge is 0.222 e. The third kappa shape index (κ3) is 7.56. The Kier molecular flexibility index (Phi) is 10.9. The quantitative estimate of drug-likeness (QED) is 0.173. The van der Waals surface area contributed by atoms with E-state index in [1.54, 1.807) is 0 Å². The summed E-state index contributed by atoms with van der Waals surface area (Å²) in [4.78, 5) is 0. The maximum absolute atomic E-state index is 8.49. The highest BCUT2D eigenvalue weighted by molar-refractivity contribution is 7.97. The number of hydrogen-bond donors (Lipinski definition) is 0. The first-order chi connectivity index (χ1) is 23.2. The molecule has 0 aromatic heterocycles. The second-order valence-electron chi connectivity index (χ2n) is 12.9. The maximum Gasteiger partial charge on any atom is 0.168 e. The van der Waals surface area contributed by atoms with Crippen LogP contribution in [0.25, 0.3) is 0 Å². The molecule has 0 unspecified atom stereocenters. The van der Waals surface area contributed by atoms with Gasteiger partial charge >= 0.3 is 0 Å². The Morgan fingerprint density at radius 3 is 0.673 bits per heavy atom. The summed E-state index contributed by atoms with van der Waals surface area (Å²) in [6.07, 6.45) is 0. The molecule has 0 radical (unpaired) electrons. The molecule has 0 fully saturated rings. The first kappa shape index (κ1) is 36.2. The van der Waals surface area contributed by atoms with E-state index in [2.05, 4.69) is 187 Å². The molecule has 6 aromatic rings. The van der Waals surface area contributed by atoms with E-state index in [1.165, 1.54) is 66.0 Å². The predicted molar refractivity (Wildman–Crippen MR) is 193 cm³/mol. The Morgan fingerprint density at radius 1 is 0.327 bits per heavy atom. The molecule has 0 heterocycles. The van der Waals surface area contributed by atoms with Gasteiger partial charge in [-0.25, -0.2) is 18.6 Å². The molecule has 0 saturated heterocycles. The van der Waals surface area contributed by atoms with Gasteiger partial charge in [-0.3, -0.25) is 0 Å². The van der Waals surface area contributed by atoms with Crippen molar-refractivity contribution in [1.29, 1.82) is 0 Å². The van der Waals surface area contributed by atoms with Crippen LogP contribution in [0, 0.1) is 51.8 Å². The zero-order valence-corrected chi connectivity index (χ0v) is 30.5. The van der Waals surface area contributed by atoms with E-state index in [-0.39, 0.29) is 0 Å². The summed E-state index contributed by atoms with van der Waals surface area (Å²) in [7, 11) is -7.51. The molecule has 0 spiro atoms. The van der Waals surface area contributed by atoms with Crippen molar-refractivity contribution in [2.24, 2.45) is 0 Å². The lowest BCUT2D eigenvalue weighted by molar-refractivity contribution is -2.00. The van der Waals surface area contributed by atoms with Crippen molar-refractivity contribution < 1.29 is 28.9 Å². The lowest BCUT2D eigenvalue weighted by atomic mass is 9.83. The van der Waals surface area contributed by atoms with Crippen molar-refractivity contribution in [3.8, 4) is 0 Å². The van der Waals surface area contributed by atoms with E-state index in [4.69, 9.17) is 18.6 Å². The molecule has 0 aliphatic rings. The molecular weight excluding hydrogens is 647 g/mol. The van der Waals surface area contributed by atoms with Crippen LogP contribution in [0.15, 0.2) is 146 Å². The zero-order chi connectivity index (χ0) is 35.4. The Balaban J connectivity index is 0.000000874. The molecule has 0 saturated carbocycles. The van der Waals surface area contributed by atoms with Crippen molar-refractivity contribution >= 4 is 23.2 Å². The molecule has 0 aliphatic carbocycles. The van der Waals surface area contributed by atoms with Gasteiger partial charge in [-0.1, -0.05) is 143 Å². The Hall–Kier alpha value is -4.12. The van der Waals surface area contributed by atoms with Gasteiger partial charge < -0.3 is 0 Å². The second kappa shape index (κ2) is 14.8. The summed E-state index contributed by atoms with van der Waals surface area (Å²) >= 11 is 0. The number of rotatable bonds is 7. The molecule has 4 nitrogen and oxygen atoms in total. The number of aryl methyl sites for hydroxylation is 6. The van der Waals surface area contributed by atoms with E-state index < -0.39 is 22.7 Å². The monoisotopic (exact) mass is 688 g/mol. The average molecular weight is 689 g/mol. The summed E-state index contributed by atoms with van der Waals surface area (Å²) in [5, 5.41) is 3.59. The number of benzene rings is 6. The fourth-order valence-electron chi connectivity index (χ4n) is 6.80. The first-order valence-electron chi connectivity index (χ1n) is 16.2. The van der Waals surface area contributed by atoms with Crippen LogP contribution >= 0.6 is 7.26 Å². The summed E-state index contributed by atoms with van der Waals surface area (Å²) in [5.41, 5.74) is 11.5. The van der Waals surface area contributed by atoms with Crippen molar-refractivity contribution in [3.05, 3.63) is 196 Å². The summed E-state index contributed by atoms with van der Waals surface area (Å²) in [6.45, 7) is 13.1. The minimum Gasteiger partial charge on any atom is -0.222 e. The van der Waals surface area contributed by atoms with E-state index in [9.17, 15) is 0 Å². The molecule has 6 heteroatoms. The molecule has 0 atom stereocenters. The molecule has 250 valence electrons. The average Bonchev–Trinajstić information content (AvgIpc) is 3.06. The minimum absolute atomic E-state index is 0.526. The van der Waals surface area contributed by atoms with E-state index in [0.29, 0.717) is 0 Å². The first-order valence-corrected chi connectivity index (χ1v) is 19.2. The molecular formula is C43H42ClO4P. The maximum atomic E-state index is 8.49. The highest BCUT2D eigenvalue weighted by Gasteiger charge is 2.65. The standard InChI is InChI=1S/C43H42P.ClHO4/c1-31-7-19-37(20-8-31)43(38-21-9-32(2)10-22-38,39-23-11-33(3)12-24-39)44(40-25-13-34(4)14-26-40,41-27-15-35(5)16-28-41)42-29-17-36(6)18-30-42;2-1(3,4)5/h7-30H,1-6H3;(H,2,3,4,5)/q+1;/p-1. The van der Waals surface area contributed by atoms with Gasteiger partial charge in [0.05, 0.1) is 0 Å². The van der Waals surface area contributed by atoms with Crippen LogP contribution in [0.4, 0.5) is 0 Å². The van der Waals surface area contributed by atoms with Crippen LogP contribution in [0.2, 0.25) is 0 Å². The normalized spacial score (nSPS) is 11.9. The van der Waals surface area contributed by atoms with E-state index in [1.807, 2.05) is 0 Å². The van der Waals surface area contributed by atoms with Crippen molar-refractivity contribution in [2.45, 2.75) is 46.7 Å². The highest BCUT2D eigenvalue weighted by atomic mass is 35.7. The lowest BCUT2D eigenvalue weighted by Gasteiger charge is -2.46. The highest BCUT2D eigenvalue weighted by Crippen LogP contribution is 2.75. The molecule has 6 aromatic carbocycles. The van der Waals surface area contributed by atoms with Crippen molar-refractivity contribution in [1.82, 2.24) is 0 Å². The van der Waals surface area contributed by atoms with Crippen molar-refractivity contribution in [2.75, 3.05) is 0 Å². The smallest absolute Gasteiger partial charge is 0.168 e. The van der Waals surface area contributed by atoms with Gasteiger partial charge in [0.15, 0.2) is 5.16 Å². The van der Waals surface area contributed by atoms with Crippen LogP contribution in [0.5, 0.6) is 0 Å². The third-order valence-electron chi connectivity index (χ3n) is 9.17. The van der Waals surface area contributed by atoms with Crippen LogP contribution in [0.3, 0.4) is 0 Å². The number of halogens is 1. The second-order valence-corrected chi connectivity index (χ2v) is 17.2. The van der Waals surface area contributed by atoms with Gasteiger partial charge in [0.1, 0.15) is 23.2 Å². The molecule has 49 heavy (non-hydrogen) atoms. The summed E-state index contributed by atoms with van der Waals surface area (Å²) < 4.78 is 34.0. The fourth-order valence-corrected chi connectivity index (χ4v) is 12.3. The predicted octanol–water partition coefficient (Wildman–Crippen LogP) is 5.07. The van der Waals surface area contributed by atoms with Crippen LogP contribution in [-0.2, 0) is 5.16 Å². The van der Waals surface area contributed by atoms with E-state index in [0.717, 1.165) is 0 Å². The lowest BCUT2D eigenvalue weighted by Crippen LogP contribution is -2.68. The van der Waals surface area contributed by atoms with Gasteiger partial charge in [-0.15, -0.1) is 10.2 Å². The van der Waals surface area contributed by atoms with Crippen molar-refractivity contribution in [3.63, 3.8) is 0 Å². The fraction of sp³-hybridized carbons (Fsp3) is 0.163. The topological polar surface area (TPSA) is 92.2 Å². The molecule has 0 aliphatic heterocycles. The van der Waals surface area contributed by atoms with Gasteiger partial charge in [0, 0.05) is 16.7 Å². The number of hydrogen-bond acceptors (Lipinski definition) is 4. The molecule has 0 bridgehead atoms. The van der Waals surface area contributed by atoms with Crippen LogP contribution in [0.1, 0.15) is 50.1 Å². The minimum atomic E-state index is -4.94. The van der Waals surface area contributed by atoms with Gasteiger partial charge in [0.2, 0.25) is 0 Å². The SMILES string of the molecule is Cc1ccc(C(c2ccc(C)cc2)(c2ccc(C)cc2)[P+](c2ccc(C)cc2)(c2ccc(C)cc2)c2ccc(C)cc2)cc1.[O-][Cl+3]([O-])([O-])[O-]. The van der Waals surface area contributed by atoms with Crippen LogP contribution in [-0.4, -0.2) is 0 Å². The Bertz CT molecular complexity index is 1590. The van der Waals surface area contributed by atoms with E-state index >= 15 is 0 Å². The van der Waals surface area contributed by atoms with Crippen LogP contribution < -0.4 is 34.5 Å².